The van der Waals surface area contributed by atoms with Gasteiger partial charge in [0.15, 0.2) is 0 Å². The first kappa shape index (κ1) is 24.0. The molecule has 1 aromatic rings. The lowest BCUT2D eigenvalue weighted by atomic mass is 10.1. The summed E-state index contributed by atoms with van der Waals surface area (Å²) in [6, 6.07) is 6.74. The van der Waals surface area contributed by atoms with Crippen LogP contribution in [0.3, 0.4) is 0 Å². The Bertz CT molecular complexity index is 528. The molecule has 0 aliphatic carbocycles. The Balaban J connectivity index is 0.00000301. The van der Waals surface area contributed by atoms with Crippen molar-refractivity contribution in [3.05, 3.63) is 47.5 Å². The molecular formula is C21H33NO4. The second kappa shape index (κ2) is 16.5. The number of benzene rings is 1. The predicted molar refractivity (Wildman–Crippen MR) is 105 cm³/mol. The number of unbranched alkanes of at least 4 members (excludes halogenated alkanes) is 1. The van der Waals surface area contributed by atoms with Crippen LogP contribution in [0.1, 0.15) is 56.0 Å². The highest BCUT2D eigenvalue weighted by atomic mass is 16.5. The van der Waals surface area contributed by atoms with E-state index in [2.05, 4.69) is 12.2 Å². The van der Waals surface area contributed by atoms with Gasteiger partial charge < -0.3 is 19.6 Å². The van der Waals surface area contributed by atoms with Crippen LogP contribution in [0.25, 0.3) is 0 Å². The maximum Gasteiger partial charge on any atom is 0.252 e. The van der Waals surface area contributed by atoms with Gasteiger partial charge in [0.05, 0.1) is 19.3 Å². The van der Waals surface area contributed by atoms with Gasteiger partial charge in [-0.25, -0.2) is 0 Å². The Morgan fingerprint density at radius 3 is 2.62 bits per heavy atom. The number of rotatable bonds is 12. The largest absolute Gasteiger partial charge is 0.381 e. The molecule has 26 heavy (non-hydrogen) atoms. The third kappa shape index (κ3) is 10.1. The Hall–Kier alpha value is -1.98. The van der Waals surface area contributed by atoms with Gasteiger partial charge in [-0.1, -0.05) is 57.5 Å². The Morgan fingerprint density at radius 2 is 1.96 bits per heavy atom. The van der Waals surface area contributed by atoms with Crippen molar-refractivity contribution in [2.45, 2.75) is 52.7 Å². The van der Waals surface area contributed by atoms with Crippen LogP contribution in [0.4, 0.5) is 0 Å². The third-order valence-electron chi connectivity index (χ3n) is 3.46. The summed E-state index contributed by atoms with van der Waals surface area (Å²) in [7, 11) is 1.60. The number of methoxy groups -OCH3 is 1. The molecule has 5 heteroatoms. The summed E-state index contributed by atoms with van der Waals surface area (Å²) in [4.78, 5) is 23.6. The summed E-state index contributed by atoms with van der Waals surface area (Å²) < 4.78 is 10.5. The number of nitrogens with one attached hydrogen (secondary N) is 1. The molecule has 1 rings (SSSR count). The van der Waals surface area contributed by atoms with Gasteiger partial charge in [0.25, 0.3) is 5.91 Å². The van der Waals surface area contributed by atoms with Crippen molar-refractivity contribution in [2.24, 2.45) is 0 Å². The molecule has 0 radical (unpaired) electrons. The average molecular weight is 363 g/mol. The highest BCUT2D eigenvalue weighted by Crippen LogP contribution is 2.11. The number of hydrogen-bond donors (Lipinski definition) is 1. The van der Waals surface area contributed by atoms with Crippen molar-refractivity contribution in [1.82, 2.24) is 5.32 Å². The van der Waals surface area contributed by atoms with Gasteiger partial charge in [-0.15, -0.1) is 0 Å². The van der Waals surface area contributed by atoms with Crippen molar-refractivity contribution in [3.63, 3.8) is 0 Å². The highest BCUT2D eigenvalue weighted by molar-refractivity contribution is 5.97. The van der Waals surface area contributed by atoms with Crippen LogP contribution in [0.2, 0.25) is 0 Å². The second-order valence-electron chi connectivity index (χ2n) is 5.44. The Morgan fingerprint density at radius 1 is 1.23 bits per heavy atom. The van der Waals surface area contributed by atoms with Crippen LogP contribution < -0.4 is 5.32 Å². The van der Waals surface area contributed by atoms with Crippen molar-refractivity contribution in [2.75, 3.05) is 20.3 Å². The van der Waals surface area contributed by atoms with Gasteiger partial charge in [-0.05, 0) is 24.5 Å². The summed E-state index contributed by atoms with van der Waals surface area (Å²) in [6.45, 7) is 7.65. The number of aldehydes is 1. The van der Waals surface area contributed by atoms with Crippen LogP contribution in [0.15, 0.2) is 36.4 Å². The van der Waals surface area contributed by atoms with E-state index in [9.17, 15) is 9.59 Å². The molecule has 1 aromatic carbocycles. The number of carbonyl (C=O) groups excluding carboxylic acids is 2. The first-order valence-corrected chi connectivity index (χ1v) is 9.28. The van der Waals surface area contributed by atoms with Gasteiger partial charge >= 0.3 is 0 Å². The molecule has 146 valence electrons. The lowest BCUT2D eigenvalue weighted by Crippen LogP contribution is -2.36. The molecule has 0 saturated heterocycles. The monoisotopic (exact) mass is 363 g/mol. The van der Waals surface area contributed by atoms with Crippen LogP contribution in [-0.4, -0.2) is 38.6 Å². The third-order valence-corrected chi connectivity index (χ3v) is 3.46. The van der Waals surface area contributed by atoms with Gasteiger partial charge in [-0.3, -0.25) is 4.79 Å². The molecule has 0 saturated carbocycles. The van der Waals surface area contributed by atoms with E-state index in [1.54, 1.807) is 19.2 Å². The van der Waals surface area contributed by atoms with Crippen LogP contribution in [0.5, 0.6) is 0 Å². The van der Waals surface area contributed by atoms with E-state index < -0.39 is 6.04 Å². The van der Waals surface area contributed by atoms with Crippen LogP contribution in [0, 0.1) is 0 Å². The highest BCUT2D eigenvalue weighted by Gasteiger charge is 2.15. The lowest BCUT2D eigenvalue weighted by molar-refractivity contribution is -0.109. The SMILES string of the molecule is CC.CCCCOCc1ccccc1C(=O)NC(C=O)C/C=C\COC. The molecular weight excluding hydrogens is 330 g/mol. The van der Waals surface area contributed by atoms with E-state index in [1.807, 2.05) is 38.1 Å². The minimum absolute atomic E-state index is 0.262. The second-order valence-corrected chi connectivity index (χ2v) is 5.44. The number of carbonyl (C=O) groups is 2. The quantitative estimate of drug-likeness (QED) is 0.347. The van der Waals surface area contributed by atoms with Crippen molar-refractivity contribution < 1.29 is 19.1 Å². The summed E-state index contributed by atoms with van der Waals surface area (Å²) in [6.07, 6.45) is 6.89. The fourth-order valence-electron chi connectivity index (χ4n) is 2.10. The zero-order valence-electron chi connectivity index (χ0n) is 16.5. The first-order valence-electron chi connectivity index (χ1n) is 9.28. The fraction of sp³-hybridized carbons (Fsp3) is 0.524. The molecule has 1 amide bonds. The maximum atomic E-state index is 12.4. The summed E-state index contributed by atoms with van der Waals surface area (Å²) >= 11 is 0. The van der Waals surface area contributed by atoms with Crippen molar-refractivity contribution in [1.29, 1.82) is 0 Å². The van der Waals surface area contributed by atoms with E-state index >= 15 is 0 Å². The molecule has 0 spiro atoms. The molecule has 0 bridgehead atoms. The van der Waals surface area contributed by atoms with E-state index in [-0.39, 0.29) is 5.91 Å². The summed E-state index contributed by atoms with van der Waals surface area (Å²) in [5, 5.41) is 2.75. The fourth-order valence-corrected chi connectivity index (χ4v) is 2.10. The molecule has 0 aliphatic heterocycles. The van der Waals surface area contributed by atoms with Crippen LogP contribution in [-0.2, 0) is 20.9 Å². The minimum Gasteiger partial charge on any atom is -0.381 e. The van der Waals surface area contributed by atoms with Gasteiger partial charge in [0, 0.05) is 19.3 Å². The zero-order chi connectivity index (χ0) is 19.6. The van der Waals surface area contributed by atoms with Crippen molar-refractivity contribution in [3.8, 4) is 0 Å². The van der Waals surface area contributed by atoms with E-state index in [0.29, 0.717) is 31.8 Å². The average Bonchev–Trinajstić information content (AvgIpc) is 2.69. The first-order chi connectivity index (χ1) is 12.7. The molecule has 1 unspecified atom stereocenters. The minimum atomic E-state index is -0.556. The standard InChI is InChI=1S/C19H27NO4.C2H6/c1-3-4-13-24-15-16-9-5-6-11-18(16)19(22)20-17(14-21)10-7-8-12-23-2;1-2/h5-9,11,14,17H,3-4,10,12-13,15H2,1-2H3,(H,20,22);1-2H3/b8-7-;. The van der Waals surface area contributed by atoms with E-state index in [1.165, 1.54) is 0 Å². The smallest absolute Gasteiger partial charge is 0.252 e. The van der Waals surface area contributed by atoms with Crippen LogP contribution >= 0.6 is 0 Å². The van der Waals surface area contributed by atoms with Gasteiger partial charge in [-0.2, -0.15) is 0 Å². The molecule has 0 aliphatic rings. The normalized spacial score (nSPS) is 11.5. The number of ether oxygens (including phenoxy) is 2. The molecule has 0 heterocycles. The molecule has 5 nitrogen and oxygen atoms in total. The predicted octanol–water partition coefficient (Wildman–Crippen LogP) is 3.92. The van der Waals surface area contributed by atoms with E-state index in [0.717, 1.165) is 24.7 Å². The Kier molecular flexibility index (Phi) is 15.2. The number of amides is 1. The topological polar surface area (TPSA) is 64.6 Å². The molecule has 0 fully saturated rings. The van der Waals surface area contributed by atoms with Gasteiger partial charge in [0.2, 0.25) is 0 Å². The van der Waals surface area contributed by atoms with Crippen molar-refractivity contribution >= 4 is 12.2 Å². The lowest BCUT2D eigenvalue weighted by Gasteiger charge is -2.14. The molecule has 1 N–H and O–H groups in total. The van der Waals surface area contributed by atoms with Gasteiger partial charge in [0.1, 0.15) is 6.29 Å². The zero-order valence-corrected chi connectivity index (χ0v) is 16.5. The summed E-state index contributed by atoms with van der Waals surface area (Å²) in [5.41, 5.74) is 1.37. The number of hydrogen-bond acceptors (Lipinski definition) is 4. The molecule has 0 aromatic heterocycles. The van der Waals surface area contributed by atoms with E-state index in [4.69, 9.17) is 9.47 Å². The maximum absolute atomic E-state index is 12.4. The summed E-state index contributed by atoms with van der Waals surface area (Å²) in [5.74, 6) is -0.262. The Labute approximate surface area is 157 Å². The molecule has 1 atom stereocenters.